The summed E-state index contributed by atoms with van der Waals surface area (Å²) in [6, 6.07) is 9.56. The van der Waals surface area contributed by atoms with Crippen LogP contribution in [-0.4, -0.2) is 52.6 Å². The molecule has 7 nitrogen and oxygen atoms in total. The number of carbonyl (C=O) groups excluding carboxylic acids is 1. The Kier molecular flexibility index (Phi) is 9.46. The fourth-order valence-electron chi connectivity index (χ4n) is 3.89. The van der Waals surface area contributed by atoms with Gasteiger partial charge in [0.2, 0.25) is 5.91 Å². The van der Waals surface area contributed by atoms with Gasteiger partial charge >= 0.3 is 0 Å². The number of nitrogens with one attached hydrogen (secondary N) is 1. The van der Waals surface area contributed by atoms with E-state index in [0.717, 1.165) is 16.1 Å². The Morgan fingerprint density at radius 3 is 2.47 bits per heavy atom. The summed E-state index contributed by atoms with van der Waals surface area (Å²) in [6.45, 7) is -0.132. The number of halogens is 1. The smallest absolute Gasteiger partial charge is 0.265 e. The lowest BCUT2D eigenvalue weighted by molar-refractivity contribution is -0.119. The van der Waals surface area contributed by atoms with Crippen molar-refractivity contribution in [3.63, 3.8) is 0 Å². The van der Waals surface area contributed by atoms with Gasteiger partial charge in [0.15, 0.2) is 11.5 Å². The summed E-state index contributed by atoms with van der Waals surface area (Å²) in [5.74, 6) is 0.0653. The van der Waals surface area contributed by atoms with Crippen LogP contribution in [0, 0.1) is 5.82 Å². The highest BCUT2D eigenvalue weighted by Gasteiger charge is 2.30. The summed E-state index contributed by atoms with van der Waals surface area (Å²) in [6.07, 6.45) is 6.17. The molecular formula is C24H31FN2O5S2. The van der Waals surface area contributed by atoms with Gasteiger partial charge in [0, 0.05) is 23.6 Å². The first-order valence-corrected chi connectivity index (χ1v) is 13.7. The number of carbonyl (C=O) groups is 1. The van der Waals surface area contributed by atoms with E-state index >= 15 is 0 Å². The molecule has 186 valence electrons. The summed E-state index contributed by atoms with van der Waals surface area (Å²) in [5, 5.41) is 3.39. The van der Waals surface area contributed by atoms with Crippen LogP contribution >= 0.6 is 11.8 Å². The number of para-hydroxylation sites is 1. The van der Waals surface area contributed by atoms with Crippen molar-refractivity contribution in [2.24, 2.45) is 0 Å². The molecule has 2 aromatic carbocycles. The quantitative estimate of drug-likeness (QED) is 0.456. The molecule has 0 aliphatic heterocycles. The van der Waals surface area contributed by atoms with Crippen molar-refractivity contribution < 1.29 is 27.1 Å². The van der Waals surface area contributed by atoms with Crippen LogP contribution in [0.3, 0.4) is 0 Å². The SMILES string of the molecule is COc1ccc(S(=O)(=O)N(CC(=O)NCCSC2CCCCC2)c2ccccc2F)cc1OC. The second-order valence-corrected chi connectivity index (χ2v) is 11.2. The van der Waals surface area contributed by atoms with Crippen molar-refractivity contribution in [2.75, 3.05) is 37.4 Å². The lowest BCUT2D eigenvalue weighted by Gasteiger charge is -2.25. The van der Waals surface area contributed by atoms with E-state index in [4.69, 9.17) is 9.47 Å². The molecule has 0 radical (unpaired) electrons. The van der Waals surface area contributed by atoms with Gasteiger partial charge in [-0.05, 0) is 37.1 Å². The van der Waals surface area contributed by atoms with Crippen LogP contribution in [0.1, 0.15) is 32.1 Å². The zero-order chi connectivity index (χ0) is 24.6. The minimum absolute atomic E-state index is 0.144. The highest BCUT2D eigenvalue weighted by molar-refractivity contribution is 7.99. The topological polar surface area (TPSA) is 84.9 Å². The van der Waals surface area contributed by atoms with Gasteiger partial charge in [-0.3, -0.25) is 9.10 Å². The van der Waals surface area contributed by atoms with Gasteiger partial charge < -0.3 is 14.8 Å². The van der Waals surface area contributed by atoms with E-state index in [1.165, 1.54) is 82.7 Å². The summed E-state index contributed by atoms with van der Waals surface area (Å²) in [7, 11) is -1.46. The second-order valence-electron chi connectivity index (χ2n) is 7.96. The molecule has 0 saturated heterocycles. The molecule has 34 heavy (non-hydrogen) atoms. The number of sulfonamides is 1. The van der Waals surface area contributed by atoms with Crippen molar-refractivity contribution in [1.82, 2.24) is 5.32 Å². The molecule has 1 N–H and O–H groups in total. The lowest BCUT2D eigenvalue weighted by atomic mass is 10.0. The van der Waals surface area contributed by atoms with Gasteiger partial charge in [0.1, 0.15) is 12.4 Å². The fraction of sp³-hybridized carbons (Fsp3) is 0.458. The Labute approximate surface area is 205 Å². The number of anilines is 1. The van der Waals surface area contributed by atoms with E-state index in [9.17, 15) is 17.6 Å². The van der Waals surface area contributed by atoms with Crippen LogP contribution in [0.5, 0.6) is 11.5 Å². The van der Waals surface area contributed by atoms with Crippen LogP contribution in [0.15, 0.2) is 47.4 Å². The van der Waals surface area contributed by atoms with Crippen LogP contribution in [0.4, 0.5) is 10.1 Å². The van der Waals surface area contributed by atoms with Gasteiger partial charge in [0.25, 0.3) is 10.0 Å². The molecule has 0 atom stereocenters. The molecule has 0 bridgehead atoms. The van der Waals surface area contributed by atoms with Gasteiger partial charge in [-0.15, -0.1) is 0 Å². The van der Waals surface area contributed by atoms with E-state index in [2.05, 4.69) is 5.32 Å². The number of nitrogens with zero attached hydrogens (tertiary/aromatic N) is 1. The summed E-state index contributed by atoms with van der Waals surface area (Å²) in [4.78, 5) is 12.6. The number of hydrogen-bond donors (Lipinski definition) is 1. The van der Waals surface area contributed by atoms with Crippen LogP contribution < -0.4 is 19.1 Å². The molecule has 1 amide bonds. The molecule has 0 spiro atoms. The predicted octanol–water partition coefficient (Wildman–Crippen LogP) is 4.22. The minimum atomic E-state index is -4.29. The standard InChI is InChI=1S/C24H31FN2O5S2/c1-31-22-13-12-19(16-23(22)32-2)34(29,30)27(21-11-7-6-10-20(21)25)17-24(28)26-14-15-33-18-8-4-3-5-9-18/h6-7,10-13,16,18H,3-5,8-9,14-15,17H2,1-2H3,(H,26,28). The van der Waals surface area contributed by atoms with Crippen molar-refractivity contribution in [1.29, 1.82) is 0 Å². The lowest BCUT2D eigenvalue weighted by Crippen LogP contribution is -2.42. The Bertz CT molecular complexity index is 1070. The molecule has 1 fully saturated rings. The maximum absolute atomic E-state index is 14.6. The Hall–Kier alpha value is -2.46. The number of ether oxygens (including phenoxy) is 2. The molecule has 3 rings (SSSR count). The molecule has 1 aliphatic rings. The maximum Gasteiger partial charge on any atom is 0.265 e. The Balaban J connectivity index is 1.76. The first-order chi connectivity index (χ1) is 16.4. The normalized spacial score (nSPS) is 14.4. The Morgan fingerprint density at radius 1 is 1.09 bits per heavy atom. The molecule has 0 heterocycles. The van der Waals surface area contributed by atoms with E-state index in [-0.39, 0.29) is 16.3 Å². The van der Waals surface area contributed by atoms with Gasteiger partial charge in [0.05, 0.1) is 24.8 Å². The maximum atomic E-state index is 14.6. The summed E-state index contributed by atoms with van der Waals surface area (Å²) < 4.78 is 52.8. The first-order valence-electron chi connectivity index (χ1n) is 11.2. The zero-order valence-electron chi connectivity index (χ0n) is 19.5. The number of rotatable bonds is 11. The van der Waals surface area contributed by atoms with Crippen molar-refractivity contribution in [3.8, 4) is 11.5 Å². The minimum Gasteiger partial charge on any atom is -0.493 e. The van der Waals surface area contributed by atoms with Crippen molar-refractivity contribution in [3.05, 3.63) is 48.3 Å². The summed E-state index contributed by atoms with van der Waals surface area (Å²) in [5.41, 5.74) is -0.205. The zero-order valence-corrected chi connectivity index (χ0v) is 21.1. The highest BCUT2D eigenvalue weighted by Crippen LogP contribution is 2.33. The third-order valence-corrected chi connectivity index (χ3v) is 8.82. The average Bonchev–Trinajstić information content (AvgIpc) is 2.85. The van der Waals surface area contributed by atoms with E-state index in [1.807, 2.05) is 11.8 Å². The largest absolute Gasteiger partial charge is 0.493 e. The number of methoxy groups -OCH3 is 2. The monoisotopic (exact) mass is 510 g/mol. The van der Waals surface area contributed by atoms with Gasteiger partial charge in [-0.1, -0.05) is 31.4 Å². The van der Waals surface area contributed by atoms with Crippen LogP contribution in [0.25, 0.3) is 0 Å². The highest BCUT2D eigenvalue weighted by atomic mass is 32.2. The summed E-state index contributed by atoms with van der Waals surface area (Å²) >= 11 is 1.83. The van der Waals surface area contributed by atoms with E-state index < -0.39 is 28.3 Å². The Morgan fingerprint density at radius 2 is 1.79 bits per heavy atom. The molecule has 10 heteroatoms. The third-order valence-electron chi connectivity index (χ3n) is 5.68. The number of amides is 1. The fourth-order valence-corrected chi connectivity index (χ4v) is 6.56. The predicted molar refractivity (Wildman–Crippen MR) is 133 cm³/mol. The van der Waals surface area contributed by atoms with Crippen LogP contribution in [0.2, 0.25) is 0 Å². The molecule has 0 aromatic heterocycles. The van der Waals surface area contributed by atoms with E-state index in [0.29, 0.717) is 17.5 Å². The van der Waals surface area contributed by atoms with Gasteiger partial charge in [-0.25, -0.2) is 12.8 Å². The van der Waals surface area contributed by atoms with E-state index in [1.54, 1.807) is 0 Å². The molecule has 2 aromatic rings. The number of thioether (sulfide) groups is 1. The van der Waals surface area contributed by atoms with Crippen molar-refractivity contribution >= 4 is 33.4 Å². The van der Waals surface area contributed by atoms with Gasteiger partial charge in [-0.2, -0.15) is 11.8 Å². The third kappa shape index (κ3) is 6.56. The van der Waals surface area contributed by atoms with Crippen molar-refractivity contribution in [2.45, 2.75) is 42.2 Å². The molecule has 0 unspecified atom stereocenters. The molecule has 1 aliphatic carbocycles. The molecule has 1 saturated carbocycles. The average molecular weight is 511 g/mol. The number of benzene rings is 2. The number of hydrogen-bond acceptors (Lipinski definition) is 6. The second kappa shape index (κ2) is 12.3. The molecular weight excluding hydrogens is 479 g/mol. The van der Waals surface area contributed by atoms with Crippen LogP contribution in [-0.2, 0) is 14.8 Å². The first kappa shape index (κ1) is 26.2.